The number of carbonyl (C=O) groups excluding carboxylic acids is 2. The molecule has 156 valence electrons. The molecule has 3 rings (SSSR count). The van der Waals surface area contributed by atoms with Gasteiger partial charge in [0.05, 0.1) is 12.2 Å². The topological polar surface area (TPSA) is 71.8 Å². The fourth-order valence-electron chi connectivity index (χ4n) is 3.21. The number of hydrogen-bond donors (Lipinski definition) is 1. The minimum atomic E-state index is -0.231. The van der Waals surface area contributed by atoms with Crippen LogP contribution in [0.1, 0.15) is 68.8 Å². The molecule has 0 atom stereocenters. The first-order chi connectivity index (χ1) is 13.9. The number of rotatable bonds is 8. The number of amides is 2. The molecule has 0 saturated heterocycles. The maximum Gasteiger partial charge on any atom is 0.286 e. The summed E-state index contributed by atoms with van der Waals surface area (Å²) in [4.78, 5) is 26.4. The molecule has 0 unspecified atom stereocenters. The molecular formula is C23H30N2O4. The van der Waals surface area contributed by atoms with E-state index in [1.165, 1.54) is 0 Å². The number of hydrogen-bond acceptors (Lipinski definition) is 4. The zero-order valence-corrected chi connectivity index (χ0v) is 17.7. The van der Waals surface area contributed by atoms with Crippen molar-refractivity contribution in [2.24, 2.45) is 0 Å². The van der Waals surface area contributed by atoms with Gasteiger partial charge in [-0.05, 0) is 48.1 Å². The number of nitrogens with one attached hydrogen (secondary N) is 1. The van der Waals surface area contributed by atoms with Gasteiger partial charge in [-0.2, -0.15) is 0 Å². The van der Waals surface area contributed by atoms with E-state index in [4.69, 9.17) is 9.15 Å². The van der Waals surface area contributed by atoms with Crippen LogP contribution < -0.4 is 15.0 Å². The molecule has 0 spiro atoms. The predicted molar refractivity (Wildman–Crippen MR) is 112 cm³/mol. The van der Waals surface area contributed by atoms with E-state index in [0.29, 0.717) is 18.1 Å². The van der Waals surface area contributed by atoms with Crippen molar-refractivity contribution < 1.29 is 18.7 Å². The first-order valence-electron chi connectivity index (χ1n) is 10.3. The van der Waals surface area contributed by atoms with E-state index in [2.05, 4.69) is 39.1 Å². The Kier molecular flexibility index (Phi) is 6.30. The van der Waals surface area contributed by atoms with Gasteiger partial charge in [0.2, 0.25) is 0 Å². The summed E-state index contributed by atoms with van der Waals surface area (Å²) in [6, 6.07) is 9.41. The van der Waals surface area contributed by atoms with Crippen molar-refractivity contribution in [3.8, 4) is 5.75 Å². The summed E-state index contributed by atoms with van der Waals surface area (Å²) in [6.07, 6.45) is 2.92. The number of anilines is 1. The number of fused-ring (bicyclic) bond motifs is 1. The molecule has 1 aromatic carbocycles. The number of carbonyl (C=O) groups is 2. The highest BCUT2D eigenvalue weighted by Gasteiger charge is 2.29. The van der Waals surface area contributed by atoms with Crippen molar-refractivity contribution in [1.29, 1.82) is 0 Å². The molecule has 2 aromatic rings. The van der Waals surface area contributed by atoms with Gasteiger partial charge in [0.15, 0.2) is 12.4 Å². The third kappa shape index (κ3) is 4.63. The summed E-state index contributed by atoms with van der Waals surface area (Å²) in [5, 5.41) is 2.84. The van der Waals surface area contributed by atoms with Crippen molar-refractivity contribution in [2.75, 3.05) is 18.1 Å². The van der Waals surface area contributed by atoms with Gasteiger partial charge in [0.25, 0.3) is 11.8 Å². The van der Waals surface area contributed by atoms with Crippen LogP contribution in [0.5, 0.6) is 5.75 Å². The SMILES string of the molecule is CCCCNC(=O)c1ccc(CN2C(=O)COc3ccc(C(C)(C)CC)cc32)o1. The van der Waals surface area contributed by atoms with Gasteiger partial charge in [-0.1, -0.05) is 40.2 Å². The minimum absolute atomic E-state index is 0.00434. The molecule has 1 N–H and O–H groups in total. The van der Waals surface area contributed by atoms with E-state index < -0.39 is 0 Å². The van der Waals surface area contributed by atoms with Crippen LogP contribution in [0.2, 0.25) is 0 Å². The molecular weight excluding hydrogens is 368 g/mol. The Hall–Kier alpha value is -2.76. The molecule has 29 heavy (non-hydrogen) atoms. The number of nitrogens with zero attached hydrogens (tertiary/aromatic N) is 1. The lowest BCUT2D eigenvalue weighted by Gasteiger charge is -2.31. The molecule has 6 heteroatoms. The largest absolute Gasteiger partial charge is 0.482 e. The highest BCUT2D eigenvalue weighted by atomic mass is 16.5. The maximum atomic E-state index is 12.6. The minimum Gasteiger partial charge on any atom is -0.482 e. The normalized spacial score (nSPS) is 13.8. The number of benzene rings is 1. The molecule has 0 radical (unpaired) electrons. The van der Waals surface area contributed by atoms with Gasteiger partial charge in [-0.15, -0.1) is 0 Å². The molecule has 0 aliphatic carbocycles. The zero-order chi connectivity index (χ0) is 21.0. The van der Waals surface area contributed by atoms with Crippen molar-refractivity contribution in [3.05, 3.63) is 47.4 Å². The number of furan rings is 1. The average Bonchev–Trinajstić information content (AvgIpc) is 3.18. The molecule has 2 amide bonds. The van der Waals surface area contributed by atoms with Crippen LogP contribution in [-0.2, 0) is 16.8 Å². The molecule has 0 bridgehead atoms. The second kappa shape index (κ2) is 8.72. The molecule has 1 aliphatic rings. The van der Waals surface area contributed by atoms with Crippen molar-refractivity contribution in [3.63, 3.8) is 0 Å². The number of ether oxygens (including phenoxy) is 1. The van der Waals surface area contributed by atoms with E-state index in [1.54, 1.807) is 17.0 Å². The first-order valence-corrected chi connectivity index (χ1v) is 10.3. The Morgan fingerprint density at radius 3 is 2.72 bits per heavy atom. The van der Waals surface area contributed by atoms with Crippen LogP contribution in [0.15, 0.2) is 34.7 Å². The Labute approximate surface area is 172 Å². The molecule has 1 aromatic heterocycles. The summed E-state index contributed by atoms with van der Waals surface area (Å²) < 4.78 is 11.3. The van der Waals surface area contributed by atoms with E-state index in [0.717, 1.165) is 30.5 Å². The molecule has 0 fully saturated rings. The highest BCUT2D eigenvalue weighted by molar-refractivity contribution is 5.98. The van der Waals surface area contributed by atoms with Gasteiger partial charge in [0.1, 0.15) is 11.5 Å². The van der Waals surface area contributed by atoms with Crippen LogP contribution >= 0.6 is 0 Å². The number of unbranched alkanes of at least 4 members (excludes halogenated alkanes) is 1. The van der Waals surface area contributed by atoms with Crippen molar-refractivity contribution in [2.45, 2.75) is 58.9 Å². The third-order valence-corrected chi connectivity index (χ3v) is 5.58. The van der Waals surface area contributed by atoms with Crippen LogP contribution in [-0.4, -0.2) is 25.0 Å². The predicted octanol–water partition coefficient (Wildman–Crippen LogP) is 4.42. The van der Waals surface area contributed by atoms with Gasteiger partial charge in [0, 0.05) is 6.54 Å². The smallest absolute Gasteiger partial charge is 0.286 e. The summed E-state index contributed by atoms with van der Waals surface area (Å²) >= 11 is 0. The Morgan fingerprint density at radius 2 is 2.00 bits per heavy atom. The van der Waals surface area contributed by atoms with E-state index in [1.807, 2.05) is 12.1 Å². The summed E-state index contributed by atoms with van der Waals surface area (Å²) in [6.45, 7) is 9.45. The second-order valence-electron chi connectivity index (χ2n) is 8.06. The summed E-state index contributed by atoms with van der Waals surface area (Å²) in [7, 11) is 0. The van der Waals surface area contributed by atoms with Gasteiger partial charge in [-0.3, -0.25) is 14.5 Å². The highest BCUT2D eigenvalue weighted by Crippen LogP contribution is 2.38. The lowest BCUT2D eigenvalue weighted by atomic mass is 9.82. The Balaban J connectivity index is 1.81. The van der Waals surface area contributed by atoms with Crippen LogP contribution in [0, 0.1) is 0 Å². The Bertz CT molecular complexity index is 885. The lowest BCUT2D eigenvalue weighted by molar-refractivity contribution is -0.121. The fraction of sp³-hybridized carbons (Fsp3) is 0.478. The van der Waals surface area contributed by atoms with E-state index >= 15 is 0 Å². The van der Waals surface area contributed by atoms with Crippen LogP contribution in [0.25, 0.3) is 0 Å². The molecule has 2 heterocycles. The van der Waals surface area contributed by atoms with E-state index in [-0.39, 0.29) is 36.1 Å². The molecule has 6 nitrogen and oxygen atoms in total. The zero-order valence-electron chi connectivity index (χ0n) is 17.7. The molecule has 0 saturated carbocycles. The standard InChI is InChI=1S/C23H30N2O4/c1-5-7-12-24-22(27)20-11-9-17(29-20)14-25-18-13-16(23(3,4)6-2)8-10-19(18)28-15-21(25)26/h8-11,13H,5-7,12,14-15H2,1-4H3,(H,24,27). The van der Waals surface area contributed by atoms with Gasteiger partial charge < -0.3 is 14.5 Å². The van der Waals surface area contributed by atoms with Crippen molar-refractivity contribution >= 4 is 17.5 Å². The van der Waals surface area contributed by atoms with E-state index in [9.17, 15) is 9.59 Å². The second-order valence-corrected chi connectivity index (χ2v) is 8.06. The van der Waals surface area contributed by atoms with Gasteiger partial charge >= 0.3 is 0 Å². The monoisotopic (exact) mass is 398 g/mol. The van der Waals surface area contributed by atoms with Crippen LogP contribution in [0.4, 0.5) is 5.69 Å². The third-order valence-electron chi connectivity index (χ3n) is 5.58. The average molecular weight is 399 g/mol. The lowest BCUT2D eigenvalue weighted by Crippen LogP contribution is -2.38. The first kappa shape index (κ1) is 21.0. The molecule has 1 aliphatic heterocycles. The fourth-order valence-corrected chi connectivity index (χ4v) is 3.21. The summed E-state index contributed by atoms with van der Waals surface area (Å²) in [5.41, 5.74) is 1.89. The van der Waals surface area contributed by atoms with Crippen molar-refractivity contribution in [1.82, 2.24) is 5.32 Å². The van der Waals surface area contributed by atoms with Gasteiger partial charge in [-0.25, -0.2) is 0 Å². The summed E-state index contributed by atoms with van der Waals surface area (Å²) in [5.74, 6) is 1.15. The van der Waals surface area contributed by atoms with Crippen LogP contribution in [0.3, 0.4) is 0 Å². The quantitative estimate of drug-likeness (QED) is 0.668. The Morgan fingerprint density at radius 1 is 1.21 bits per heavy atom. The maximum absolute atomic E-state index is 12.6.